The van der Waals surface area contributed by atoms with Crippen LogP contribution in [0.1, 0.15) is 90.8 Å². The molecule has 0 spiro atoms. The summed E-state index contributed by atoms with van der Waals surface area (Å²) in [5.41, 5.74) is 3.08. The van der Waals surface area contributed by atoms with E-state index in [1.807, 2.05) is 24.3 Å². The lowest BCUT2D eigenvalue weighted by Gasteiger charge is -2.41. The topological polar surface area (TPSA) is 34.1 Å². The molecular formula is C25H29BO2. The molecule has 0 fully saturated rings. The van der Waals surface area contributed by atoms with Gasteiger partial charge in [0, 0.05) is 22.3 Å². The van der Waals surface area contributed by atoms with Gasteiger partial charge in [0.15, 0.2) is 11.6 Å². The summed E-state index contributed by atoms with van der Waals surface area (Å²) in [5, 5.41) is 0. The number of ketones is 2. The van der Waals surface area contributed by atoms with E-state index >= 15 is 0 Å². The molecule has 0 heterocycles. The largest absolute Gasteiger partial charge is 0.289 e. The van der Waals surface area contributed by atoms with Crippen molar-refractivity contribution in [1.82, 2.24) is 0 Å². The number of rotatable bonds is 7. The van der Waals surface area contributed by atoms with Gasteiger partial charge in [0.2, 0.25) is 0 Å². The molecule has 0 N–H and O–H groups in total. The van der Waals surface area contributed by atoms with Crippen molar-refractivity contribution in [1.29, 1.82) is 0 Å². The van der Waals surface area contributed by atoms with Crippen LogP contribution in [0.3, 0.4) is 0 Å². The van der Waals surface area contributed by atoms with E-state index in [1.54, 1.807) is 18.2 Å². The normalized spacial score (nSPS) is 15.7. The van der Waals surface area contributed by atoms with Crippen molar-refractivity contribution >= 4 is 19.4 Å². The van der Waals surface area contributed by atoms with Crippen LogP contribution in [0.4, 0.5) is 0 Å². The maximum atomic E-state index is 13.1. The molecule has 1 aliphatic carbocycles. The summed E-state index contributed by atoms with van der Waals surface area (Å²) in [4.78, 5) is 26.0. The molecule has 0 amide bonds. The Hall–Kier alpha value is -2.16. The van der Waals surface area contributed by atoms with Crippen molar-refractivity contribution in [2.75, 3.05) is 0 Å². The van der Waals surface area contributed by atoms with Crippen molar-refractivity contribution in [3.05, 3.63) is 70.3 Å². The molecule has 2 aromatic rings. The van der Waals surface area contributed by atoms with Gasteiger partial charge in [0.25, 0.3) is 0 Å². The summed E-state index contributed by atoms with van der Waals surface area (Å²) in [7, 11) is 6.33. The van der Waals surface area contributed by atoms with Gasteiger partial charge in [0.1, 0.15) is 0 Å². The summed E-state index contributed by atoms with van der Waals surface area (Å²) >= 11 is 0. The number of hydrogen-bond donors (Lipinski definition) is 0. The smallest absolute Gasteiger partial charge is 0.194 e. The molecule has 2 aromatic carbocycles. The number of benzene rings is 2. The molecule has 0 aliphatic heterocycles. The lowest BCUT2D eigenvalue weighted by atomic mass is 9.60. The van der Waals surface area contributed by atoms with E-state index in [1.165, 1.54) is 0 Å². The lowest BCUT2D eigenvalue weighted by Crippen LogP contribution is -2.33. The van der Waals surface area contributed by atoms with Gasteiger partial charge in [-0.3, -0.25) is 9.59 Å². The zero-order chi connectivity index (χ0) is 20.5. The van der Waals surface area contributed by atoms with Crippen LogP contribution in [0, 0.1) is 5.41 Å². The fourth-order valence-corrected chi connectivity index (χ4v) is 4.51. The first-order chi connectivity index (χ1) is 13.3. The molecule has 0 saturated carbocycles. The van der Waals surface area contributed by atoms with Crippen LogP contribution in [-0.4, -0.2) is 19.4 Å². The number of carbonyl (C=O) groups excluding carboxylic acids is 2. The number of fused-ring (bicyclic) bond motifs is 2. The molecule has 28 heavy (non-hydrogen) atoms. The zero-order valence-electron chi connectivity index (χ0n) is 17.5. The first kappa shape index (κ1) is 20.6. The Kier molecular flexibility index (Phi) is 5.65. The van der Waals surface area contributed by atoms with Crippen molar-refractivity contribution in [3.8, 4) is 0 Å². The van der Waals surface area contributed by atoms with E-state index in [2.05, 4.69) is 27.7 Å². The van der Waals surface area contributed by atoms with Gasteiger partial charge in [-0.05, 0) is 41.4 Å². The Bertz CT molecular complexity index is 905. The highest BCUT2D eigenvalue weighted by atomic mass is 16.1. The second kappa shape index (κ2) is 7.70. The SMILES string of the molecule is [B]CC(CC)(CC(C)(CC)CC)c1ccc2c(c1)C(=O)c1ccccc1C2=O. The molecule has 0 saturated heterocycles. The molecule has 1 atom stereocenters. The molecule has 2 nitrogen and oxygen atoms in total. The molecule has 1 aliphatic rings. The average molecular weight is 372 g/mol. The van der Waals surface area contributed by atoms with Gasteiger partial charge in [-0.15, -0.1) is 0 Å². The van der Waals surface area contributed by atoms with Gasteiger partial charge in [0.05, 0.1) is 7.85 Å². The fraction of sp³-hybridized carbons (Fsp3) is 0.440. The predicted octanol–water partition coefficient (Wildman–Crippen LogP) is 5.91. The summed E-state index contributed by atoms with van der Waals surface area (Å²) in [6.07, 6.45) is 4.56. The molecule has 0 bridgehead atoms. The van der Waals surface area contributed by atoms with E-state index in [9.17, 15) is 9.59 Å². The molecular weight excluding hydrogens is 343 g/mol. The van der Waals surface area contributed by atoms with Gasteiger partial charge < -0.3 is 0 Å². The summed E-state index contributed by atoms with van der Waals surface area (Å²) in [6.45, 7) is 8.94. The standard InChI is InChI=1S/C25H29BO2/c1-5-24(4,6-2)15-25(7-3,16-26)17-12-13-20-21(14-17)23(28)19-11-9-8-10-18(19)22(20)27/h8-14H,5-7,15-16H2,1-4H3. The summed E-state index contributed by atoms with van der Waals surface area (Å²) < 4.78 is 0. The van der Waals surface area contributed by atoms with Gasteiger partial charge >= 0.3 is 0 Å². The maximum Gasteiger partial charge on any atom is 0.194 e. The van der Waals surface area contributed by atoms with E-state index in [0.29, 0.717) is 28.6 Å². The lowest BCUT2D eigenvalue weighted by molar-refractivity contribution is 0.0979. The van der Waals surface area contributed by atoms with Gasteiger partial charge in [-0.1, -0.05) is 77.2 Å². The highest BCUT2D eigenvalue weighted by molar-refractivity contribution is 6.28. The Balaban J connectivity index is 2.11. The summed E-state index contributed by atoms with van der Waals surface area (Å²) in [5.74, 6) is -0.138. The molecule has 1 unspecified atom stereocenters. The van der Waals surface area contributed by atoms with Gasteiger partial charge in [-0.2, -0.15) is 0 Å². The predicted molar refractivity (Wildman–Crippen MR) is 116 cm³/mol. The molecule has 0 aromatic heterocycles. The van der Waals surface area contributed by atoms with Crippen molar-refractivity contribution < 1.29 is 9.59 Å². The zero-order valence-corrected chi connectivity index (χ0v) is 17.5. The fourth-order valence-electron chi connectivity index (χ4n) is 4.51. The second-order valence-corrected chi connectivity index (χ2v) is 8.50. The summed E-state index contributed by atoms with van der Waals surface area (Å²) in [6, 6.07) is 12.9. The van der Waals surface area contributed by atoms with E-state index in [0.717, 1.165) is 31.2 Å². The van der Waals surface area contributed by atoms with Crippen LogP contribution in [-0.2, 0) is 5.41 Å². The van der Waals surface area contributed by atoms with Crippen molar-refractivity contribution in [2.45, 2.75) is 65.1 Å². The van der Waals surface area contributed by atoms with Crippen LogP contribution in [0.25, 0.3) is 0 Å². The van der Waals surface area contributed by atoms with Crippen LogP contribution in [0.15, 0.2) is 42.5 Å². The van der Waals surface area contributed by atoms with E-state index in [-0.39, 0.29) is 22.4 Å². The monoisotopic (exact) mass is 372 g/mol. The molecule has 3 rings (SSSR count). The minimum atomic E-state index is -0.198. The highest BCUT2D eigenvalue weighted by Crippen LogP contribution is 2.46. The number of carbonyl (C=O) groups is 2. The van der Waals surface area contributed by atoms with Gasteiger partial charge in [-0.25, -0.2) is 0 Å². The minimum Gasteiger partial charge on any atom is -0.289 e. The third-order valence-corrected chi connectivity index (χ3v) is 7.08. The third-order valence-electron chi connectivity index (χ3n) is 7.08. The molecule has 2 radical (unpaired) electrons. The van der Waals surface area contributed by atoms with E-state index < -0.39 is 0 Å². The Morgan fingerprint density at radius 3 is 1.82 bits per heavy atom. The highest BCUT2D eigenvalue weighted by Gasteiger charge is 2.37. The molecule has 3 heteroatoms. The Morgan fingerprint density at radius 2 is 1.32 bits per heavy atom. The van der Waals surface area contributed by atoms with Crippen LogP contribution in [0.2, 0.25) is 6.32 Å². The molecule has 144 valence electrons. The first-order valence-corrected chi connectivity index (χ1v) is 10.4. The van der Waals surface area contributed by atoms with Crippen LogP contribution < -0.4 is 0 Å². The Labute approximate surface area is 170 Å². The van der Waals surface area contributed by atoms with Crippen LogP contribution >= 0.6 is 0 Å². The minimum absolute atomic E-state index is 0.0668. The average Bonchev–Trinajstić information content (AvgIpc) is 2.75. The maximum absolute atomic E-state index is 13.1. The first-order valence-electron chi connectivity index (χ1n) is 10.4. The Morgan fingerprint density at radius 1 is 0.786 bits per heavy atom. The van der Waals surface area contributed by atoms with E-state index in [4.69, 9.17) is 7.85 Å². The van der Waals surface area contributed by atoms with Crippen molar-refractivity contribution in [3.63, 3.8) is 0 Å². The number of hydrogen-bond acceptors (Lipinski definition) is 2. The third kappa shape index (κ3) is 3.25. The van der Waals surface area contributed by atoms with Crippen LogP contribution in [0.5, 0.6) is 0 Å². The van der Waals surface area contributed by atoms with Crippen molar-refractivity contribution in [2.24, 2.45) is 5.41 Å². The quantitative estimate of drug-likeness (QED) is 0.483. The second-order valence-electron chi connectivity index (χ2n) is 8.50.